The first-order valence-electron chi connectivity index (χ1n) is 10.2. The lowest BCUT2D eigenvalue weighted by atomic mass is 9.98. The number of carbonyl (C=O) groups is 2. The highest BCUT2D eigenvalue weighted by atomic mass is 35.5. The predicted molar refractivity (Wildman–Crippen MR) is 121 cm³/mol. The van der Waals surface area contributed by atoms with E-state index in [-0.39, 0.29) is 12.8 Å². The summed E-state index contributed by atoms with van der Waals surface area (Å²) in [5.41, 5.74) is 4.08. The molecule has 10 heteroatoms. The molecule has 0 spiro atoms. The zero-order chi connectivity index (χ0) is 22.8. The summed E-state index contributed by atoms with van der Waals surface area (Å²) in [4.78, 5) is 23.8. The van der Waals surface area contributed by atoms with Crippen molar-refractivity contribution in [1.29, 1.82) is 0 Å². The van der Waals surface area contributed by atoms with E-state index in [1.54, 1.807) is 11.8 Å². The number of carboxylic acids is 2. The topological polar surface area (TPSA) is 128 Å². The van der Waals surface area contributed by atoms with Gasteiger partial charge in [-0.2, -0.15) is 0 Å². The monoisotopic (exact) mass is 468 g/mol. The van der Waals surface area contributed by atoms with Crippen molar-refractivity contribution in [3.8, 4) is 0 Å². The van der Waals surface area contributed by atoms with Crippen molar-refractivity contribution in [2.24, 2.45) is 5.92 Å². The molecule has 0 saturated carbocycles. The van der Waals surface area contributed by atoms with Crippen LogP contribution in [0.1, 0.15) is 49.2 Å². The van der Waals surface area contributed by atoms with E-state index >= 15 is 0 Å². The minimum absolute atomic E-state index is 0.296. The maximum atomic E-state index is 9.64. The number of thioether (sulfide) groups is 1. The number of rotatable bonds is 8. The Hall–Kier alpha value is -2.10. The largest absolute Gasteiger partial charge is 0.481 e. The van der Waals surface area contributed by atoms with Crippen LogP contribution in [0, 0.1) is 5.92 Å². The summed E-state index contributed by atoms with van der Waals surface area (Å²) in [6, 6.07) is 4.20. The fourth-order valence-electron chi connectivity index (χ4n) is 3.15. The number of aliphatic carboxylic acids is 2. The van der Waals surface area contributed by atoms with Gasteiger partial charge in [-0.1, -0.05) is 43.3 Å². The normalized spacial score (nSPS) is 13.2. The molecule has 0 aliphatic carbocycles. The Morgan fingerprint density at radius 2 is 1.84 bits per heavy atom. The molecule has 0 fully saturated rings. The molecule has 1 aromatic heterocycles. The third kappa shape index (κ3) is 8.88. The van der Waals surface area contributed by atoms with Gasteiger partial charge in [0.25, 0.3) is 0 Å². The molecule has 3 rings (SSSR count). The fourth-order valence-corrected chi connectivity index (χ4v) is 4.36. The molecule has 1 aromatic carbocycles. The van der Waals surface area contributed by atoms with Crippen LogP contribution in [0.4, 0.5) is 0 Å². The summed E-state index contributed by atoms with van der Waals surface area (Å²) in [6.07, 6.45) is 2.45. The smallest absolute Gasteiger partial charge is 0.303 e. The Morgan fingerprint density at radius 1 is 1.16 bits per heavy atom. The second-order valence-corrected chi connectivity index (χ2v) is 9.00. The van der Waals surface area contributed by atoms with E-state index in [9.17, 15) is 9.59 Å². The van der Waals surface area contributed by atoms with Crippen molar-refractivity contribution in [2.45, 2.75) is 56.9 Å². The summed E-state index contributed by atoms with van der Waals surface area (Å²) in [5, 5.41) is 28.3. The summed E-state index contributed by atoms with van der Waals surface area (Å²) in [6.45, 7) is 6.43. The van der Waals surface area contributed by atoms with Crippen molar-refractivity contribution in [2.75, 3.05) is 13.1 Å². The Morgan fingerprint density at radius 3 is 2.48 bits per heavy atom. The van der Waals surface area contributed by atoms with Crippen molar-refractivity contribution in [3.63, 3.8) is 0 Å². The van der Waals surface area contributed by atoms with E-state index in [0.29, 0.717) is 5.92 Å². The third-order valence-electron chi connectivity index (χ3n) is 4.61. The number of hydrogen-bond donors (Lipinski definition) is 4. The van der Waals surface area contributed by atoms with Crippen molar-refractivity contribution in [1.82, 2.24) is 20.5 Å². The SMILES string of the molecule is CC(C)Cc1nc(SCc2c(Cl)ccc3c2CCNCC3)n[nH]1.O=C(O)CCC(=O)O. The van der Waals surface area contributed by atoms with Crippen LogP contribution in [-0.4, -0.2) is 50.4 Å². The van der Waals surface area contributed by atoms with E-state index < -0.39 is 11.9 Å². The van der Waals surface area contributed by atoms with Crippen LogP contribution < -0.4 is 5.32 Å². The van der Waals surface area contributed by atoms with Gasteiger partial charge in [0.05, 0.1) is 12.8 Å². The van der Waals surface area contributed by atoms with Gasteiger partial charge in [-0.05, 0) is 54.6 Å². The number of carboxylic acid groups (broad SMARTS) is 2. The highest BCUT2D eigenvalue weighted by Crippen LogP contribution is 2.31. The Bertz CT molecular complexity index is 874. The van der Waals surface area contributed by atoms with Crippen LogP contribution >= 0.6 is 23.4 Å². The second kappa shape index (κ2) is 12.7. The summed E-state index contributed by atoms with van der Waals surface area (Å²) < 4.78 is 0. The maximum Gasteiger partial charge on any atom is 0.303 e. The average molecular weight is 469 g/mol. The van der Waals surface area contributed by atoms with Gasteiger partial charge >= 0.3 is 11.9 Å². The standard InChI is InChI=1S/C17H23ClN4S.C4H6O4/c1-11(2)9-16-20-17(22-21-16)23-10-14-13-6-8-19-7-5-12(13)3-4-15(14)18;5-3(6)1-2-4(7)8/h3-4,11,19H,5-10H2,1-2H3,(H,20,21,22);1-2H2,(H,5,6)(H,7,8). The van der Waals surface area contributed by atoms with Crippen LogP contribution in [-0.2, 0) is 34.6 Å². The quantitative estimate of drug-likeness (QED) is 0.433. The number of aromatic amines is 1. The van der Waals surface area contributed by atoms with E-state index in [4.69, 9.17) is 21.8 Å². The third-order valence-corrected chi connectivity index (χ3v) is 5.83. The predicted octanol–water partition coefficient (Wildman–Crippen LogP) is 3.57. The minimum Gasteiger partial charge on any atom is -0.481 e. The lowest BCUT2D eigenvalue weighted by Gasteiger charge is -2.13. The number of H-pyrrole nitrogens is 1. The van der Waals surface area contributed by atoms with Gasteiger partial charge in [-0.25, -0.2) is 4.98 Å². The number of aromatic nitrogens is 3. The molecule has 0 amide bonds. The van der Waals surface area contributed by atoms with Crippen LogP contribution in [0.2, 0.25) is 5.02 Å². The van der Waals surface area contributed by atoms with Crippen LogP contribution in [0.5, 0.6) is 0 Å². The lowest BCUT2D eigenvalue weighted by molar-refractivity contribution is -0.143. The van der Waals surface area contributed by atoms with E-state index in [1.165, 1.54) is 16.7 Å². The molecule has 0 saturated heterocycles. The minimum atomic E-state index is -1.08. The molecule has 0 unspecified atom stereocenters. The second-order valence-electron chi connectivity index (χ2n) is 7.65. The Labute approximate surface area is 191 Å². The fraction of sp³-hybridized carbons (Fsp3) is 0.524. The zero-order valence-electron chi connectivity index (χ0n) is 17.8. The Balaban J connectivity index is 0.000000366. The maximum absolute atomic E-state index is 9.64. The molecular weight excluding hydrogens is 440 g/mol. The van der Waals surface area contributed by atoms with Gasteiger partial charge < -0.3 is 15.5 Å². The molecule has 0 radical (unpaired) electrons. The van der Waals surface area contributed by atoms with E-state index in [2.05, 4.69) is 40.4 Å². The number of nitrogens with zero attached hydrogens (tertiary/aromatic N) is 2. The highest BCUT2D eigenvalue weighted by molar-refractivity contribution is 7.98. The first-order valence-corrected chi connectivity index (χ1v) is 11.6. The molecule has 2 aromatic rings. The summed E-state index contributed by atoms with van der Waals surface area (Å²) in [5.74, 6) is 0.207. The van der Waals surface area contributed by atoms with Gasteiger partial charge in [0, 0.05) is 17.2 Å². The molecule has 2 heterocycles. The van der Waals surface area contributed by atoms with Gasteiger partial charge in [-0.3, -0.25) is 14.7 Å². The van der Waals surface area contributed by atoms with Crippen LogP contribution in [0.15, 0.2) is 17.3 Å². The number of nitrogens with one attached hydrogen (secondary N) is 2. The Kier molecular flexibility index (Phi) is 10.3. The molecule has 31 heavy (non-hydrogen) atoms. The van der Waals surface area contributed by atoms with Crippen LogP contribution in [0.25, 0.3) is 0 Å². The van der Waals surface area contributed by atoms with Gasteiger partial charge in [0.1, 0.15) is 5.82 Å². The number of hydrogen-bond acceptors (Lipinski definition) is 6. The molecule has 0 atom stereocenters. The van der Waals surface area contributed by atoms with Gasteiger partial charge in [0.15, 0.2) is 0 Å². The average Bonchev–Trinajstić information content (AvgIpc) is 2.99. The van der Waals surface area contributed by atoms with E-state index in [0.717, 1.165) is 54.1 Å². The molecule has 1 aliphatic heterocycles. The first-order chi connectivity index (χ1) is 14.8. The zero-order valence-corrected chi connectivity index (χ0v) is 19.4. The van der Waals surface area contributed by atoms with Gasteiger partial charge in [0.2, 0.25) is 5.16 Å². The van der Waals surface area contributed by atoms with Gasteiger partial charge in [-0.15, -0.1) is 5.10 Å². The molecule has 1 aliphatic rings. The summed E-state index contributed by atoms with van der Waals surface area (Å²) >= 11 is 8.13. The van der Waals surface area contributed by atoms with Crippen molar-refractivity contribution in [3.05, 3.63) is 39.7 Å². The van der Waals surface area contributed by atoms with E-state index in [1.807, 2.05) is 6.07 Å². The molecule has 0 bridgehead atoms. The number of halogens is 1. The summed E-state index contributed by atoms with van der Waals surface area (Å²) in [7, 11) is 0. The highest BCUT2D eigenvalue weighted by Gasteiger charge is 2.16. The van der Waals surface area contributed by atoms with Crippen molar-refractivity contribution >= 4 is 35.3 Å². The lowest BCUT2D eigenvalue weighted by Crippen LogP contribution is -2.16. The van der Waals surface area contributed by atoms with Crippen LogP contribution in [0.3, 0.4) is 0 Å². The van der Waals surface area contributed by atoms with Crippen molar-refractivity contribution < 1.29 is 19.8 Å². The number of benzene rings is 1. The molecular formula is C21H29ClN4O4S. The molecule has 8 nitrogen and oxygen atoms in total. The number of fused-ring (bicyclic) bond motifs is 1. The molecule has 170 valence electrons. The first kappa shape index (κ1) is 25.2. The molecule has 4 N–H and O–H groups in total.